The zero-order valence-electron chi connectivity index (χ0n) is 11.8. The summed E-state index contributed by atoms with van der Waals surface area (Å²) in [6, 6.07) is 5.69. The van der Waals surface area contributed by atoms with E-state index >= 15 is 0 Å². The Morgan fingerprint density at radius 3 is 2.20 bits per heavy atom. The molecular formula is C15H20FNO3. The molecule has 0 saturated carbocycles. The lowest BCUT2D eigenvalue weighted by Crippen LogP contribution is -2.49. The maximum atomic E-state index is 12.8. The van der Waals surface area contributed by atoms with Crippen molar-refractivity contribution in [3.63, 3.8) is 0 Å². The topological polar surface area (TPSA) is 66.4 Å². The molecule has 0 aromatic heterocycles. The van der Waals surface area contributed by atoms with E-state index < -0.39 is 11.5 Å². The summed E-state index contributed by atoms with van der Waals surface area (Å²) in [6.07, 6.45) is 1.10. The molecular weight excluding hydrogens is 261 g/mol. The van der Waals surface area contributed by atoms with Crippen LogP contribution in [0.4, 0.5) is 4.39 Å². The molecule has 0 radical (unpaired) electrons. The molecule has 0 saturated heterocycles. The molecule has 0 aliphatic heterocycles. The number of aliphatic carboxylic acids is 1. The first-order valence-electron chi connectivity index (χ1n) is 6.68. The van der Waals surface area contributed by atoms with E-state index in [2.05, 4.69) is 5.32 Å². The molecule has 0 spiro atoms. The average Bonchev–Trinajstić information content (AvgIpc) is 2.40. The molecule has 1 amide bonds. The smallest absolute Gasteiger partial charge is 0.305 e. The van der Waals surface area contributed by atoms with Crippen molar-refractivity contribution < 1.29 is 19.1 Å². The molecule has 0 fully saturated rings. The van der Waals surface area contributed by atoms with Gasteiger partial charge in [-0.1, -0.05) is 26.0 Å². The first kappa shape index (κ1) is 16.1. The van der Waals surface area contributed by atoms with Gasteiger partial charge in [0, 0.05) is 5.54 Å². The molecule has 20 heavy (non-hydrogen) atoms. The van der Waals surface area contributed by atoms with Crippen molar-refractivity contribution in [3.05, 3.63) is 35.6 Å². The Morgan fingerprint density at radius 2 is 1.75 bits per heavy atom. The summed E-state index contributed by atoms with van der Waals surface area (Å²) in [5.41, 5.74) is -0.0245. The van der Waals surface area contributed by atoms with Crippen molar-refractivity contribution >= 4 is 11.9 Å². The van der Waals surface area contributed by atoms with Crippen LogP contribution in [0, 0.1) is 5.82 Å². The minimum absolute atomic E-state index is 0.102. The number of nitrogens with one attached hydrogen (secondary N) is 1. The van der Waals surface area contributed by atoms with Crippen molar-refractivity contribution in [2.24, 2.45) is 0 Å². The average molecular weight is 281 g/mol. The van der Waals surface area contributed by atoms with Crippen molar-refractivity contribution in [2.75, 3.05) is 0 Å². The van der Waals surface area contributed by atoms with Crippen molar-refractivity contribution in [3.8, 4) is 0 Å². The van der Waals surface area contributed by atoms with Gasteiger partial charge in [-0.15, -0.1) is 0 Å². The Bertz CT molecular complexity index is 467. The number of carboxylic acid groups (broad SMARTS) is 1. The normalized spacial score (nSPS) is 11.2. The first-order chi connectivity index (χ1) is 9.40. The van der Waals surface area contributed by atoms with Gasteiger partial charge in [-0.05, 0) is 30.5 Å². The van der Waals surface area contributed by atoms with Crippen LogP contribution in [0.5, 0.6) is 0 Å². The Balaban J connectivity index is 2.71. The minimum Gasteiger partial charge on any atom is -0.481 e. The summed E-state index contributed by atoms with van der Waals surface area (Å²) in [6.45, 7) is 3.70. The molecule has 110 valence electrons. The minimum atomic E-state index is -0.934. The zero-order chi connectivity index (χ0) is 15.2. The van der Waals surface area contributed by atoms with Gasteiger partial charge in [-0.3, -0.25) is 9.59 Å². The lowest BCUT2D eigenvalue weighted by atomic mass is 9.88. The second-order valence-corrected chi connectivity index (χ2v) is 4.91. The highest BCUT2D eigenvalue weighted by molar-refractivity contribution is 5.80. The van der Waals surface area contributed by atoms with Gasteiger partial charge in [-0.2, -0.15) is 0 Å². The fraction of sp³-hybridized carbons (Fsp3) is 0.467. The van der Waals surface area contributed by atoms with Crippen LogP contribution in [-0.2, 0) is 16.0 Å². The summed E-state index contributed by atoms with van der Waals surface area (Å²) in [5, 5.41) is 11.8. The van der Waals surface area contributed by atoms with Crippen molar-refractivity contribution in [1.82, 2.24) is 5.32 Å². The van der Waals surface area contributed by atoms with Crippen LogP contribution in [0.2, 0.25) is 0 Å². The highest BCUT2D eigenvalue weighted by atomic mass is 19.1. The molecule has 0 bridgehead atoms. The number of amides is 1. The predicted octanol–water partition coefficient (Wildman–Crippen LogP) is 2.52. The maximum absolute atomic E-state index is 12.8. The SMILES string of the molecule is CCC(CC)(CC(=O)O)NC(=O)Cc1ccc(F)cc1. The van der Waals surface area contributed by atoms with Crippen LogP contribution in [0.3, 0.4) is 0 Å². The fourth-order valence-electron chi connectivity index (χ4n) is 2.14. The summed E-state index contributed by atoms with van der Waals surface area (Å²) in [5.74, 6) is -1.53. The second-order valence-electron chi connectivity index (χ2n) is 4.91. The summed E-state index contributed by atoms with van der Waals surface area (Å²) in [7, 11) is 0. The lowest BCUT2D eigenvalue weighted by molar-refractivity contribution is -0.139. The van der Waals surface area contributed by atoms with Crippen LogP contribution < -0.4 is 5.32 Å². The van der Waals surface area contributed by atoms with Crippen molar-refractivity contribution in [2.45, 2.75) is 45.1 Å². The van der Waals surface area contributed by atoms with Gasteiger partial charge in [0.1, 0.15) is 5.82 Å². The third-order valence-electron chi connectivity index (χ3n) is 3.53. The molecule has 0 heterocycles. The highest BCUT2D eigenvalue weighted by Crippen LogP contribution is 2.20. The van der Waals surface area contributed by atoms with E-state index in [4.69, 9.17) is 5.11 Å². The lowest BCUT2D eigenvalue weighted by Gasteiger charge is -2.31. The van der Waals surface area contributed by atoms with Crippen LogP contribution in [-0.4, -0.2) is 22.5 Å². The zero-order valence-corrected chi connectivity index (χ0v) is 11.8. The Kier molecular flexibility index (Phi) is 5.67. The Hall–Kier alpha value is -1.91. The molecule has 0 aliphatic rings. The molecule has 0 unspecified atom stereocenters. The highest BCUT2D eigenvalue weighted by Gasteiger charge is 2.30. The largest absolute Gasteiger partial charge is 0.481 e. The van der Waals surface area contributed by atoms with Gasteiger partial charge in [0.2, 0.25) is 5.91 Å². The second kappa shape index (κ2) is 7.03. The summed E-state index contributed by atoms with van der Waals surface area (Å²) < 4.78 is 12.8. The third-order valence-corrected chi connectivity index (χ3v) is 3.53. The summed E-state index contributed by atoms with van der Waals surface area (Å²) >= 11 is 0. The monoisotopic (exact) mass is 281 g/mol. The van der Waals surface area contributed by atoms with Gasteiger partial charge >= 0.3 is 5.97 Å². The number of carbonyl (C=O) groups is 2. The van der Waals surface area contributed by atoms with Gasteiger partial charge in [0.15, 0.2) is 0 Å². The van der Waals surface area contributed by atoms with Crippen LogP contribution in [0.15, 0.2) is 24.3 Å². The Labute approximate surface area is 118 Å². The van der Waals surface area contributed by atoms with Gasteiger partial charge in [0.25, 0.3) is 0 Å². The number of hydrogen-bond acceptors (Lipinski definition) is 2. The summed E-state index contributed by atoms with van der Waals surface area (Å²) in [4.78, 5) is 22.9. The molecule has 0 atom stereocenters. The number of carbonyl (C=O) groups excluding carboxylic acids is 1. The standard InChI is InChI=1S/C15H20FNO3/c1-3-15(4-2,10-14(19)20)17-13(18)9-11-5-7-12(16)8-6-11/h5-8H,3-4,9-10H2,1-2H3,(H,17,18)(H,19,20). The van der Waals surface area contributed by atoms with Gasteiger partial charge in [0.05, 0.1) is 12.8 Å². The number of halogens is 1. The molecule has 1 aromatic carbocycles. The number of benzene rings is 1. The van der Waals surface area contributed by atoms with Gasteiger partial charge < -0.3 is 10.4 Å². The molecule has 5 heteroatoms. The predicted molar refractivity (Wildman–Crippen MR) is 73.8 cm³/mol. The fourth-order valence-corrected chi connectivity index (χ4v) is 2.14. The molecule has 2 N–H and O–H groups in total. The molecule has 1 rings (SSSR count). The van der Waals surface area contributed by atoms with E-state index in [1.54, 1.807) is 12.1 Å². The van der Waals surface area contributed by atoms with E-state index in [1.807, 2.05) is 13.8 Å². The quantitative estimate of drug-likeness (QED) is 0.807. The molecule has 1 aromatic rings. The first-order valence-corrected chi connectivity index (χ1v) is 6.68. The van der Waals surface area contributed by atoms with Crippen molar-refractivity contribution in [1.29, 1.82) is 0 Å². The van der Waals surface area contributed by atoms with Gasteiger partial charge in [-0.25, -0.2) is 4.39 Å². The molecule has 0 aliphatic carbocycles. The van der Waals surface area contributed by atoms with Crippen LogP contribution in [0.1, 0.15) is 38.7 Å². The Morgan fingerprint density at radius 1 is 1.20 bits per heavy atom. The van der Waals surface area contributed by atoms with E-state index in [1.165, 1.54) is 12.1 Å². The number of hydrogen-bond donors (Lipinski definition) is 2. The van der Waals surface area contributed by atoms with E-state index in [9.17, 15) is 14.0 Å². The number of rotatable bonds is 7. The molecule has 4 nitrogen and oxygen atoms in total. The van der Waals surface area contributed by atoms with E-state index in [0.717, 1.165) is 0 Å². The van der Waals surface area contributed by atoms with Crippen LogP contribution in [0.25, 0.3) is 0 Å². The number of carboxylic acids is 1. The maximum Gasteiger partial charge on any atom is 0.305 e. The van der Waals surface area contributed by atoms with E-state index in [-0.39, 0.29) is 24.6 Å². The third kappa shape index (κ3) is 4.64. The van der Waals surface area contributed by atoms with Crippen LogP contribution >= 0.6 is 0 Å². The van der Waals surface area contributed by atoms with E-state index in [0.29, 0.717) is 18.4 Å².